The van der Waals surface area contributed by atoms with Crippen molar-refractivity contribution in [3.63, 3.8) is 0 Å². The van der Waals surface area contributed by atoms with Gasteiger partial charge in [0.1, 0.15) is 11.5 Å². The zero-order chi connectivity index (χ0) is 17.5. The predicted octanol–water partition coefficient (Wildman–Crippen LogP) is 4.50. The average Bonchev–Trinajstić information content (AvgIpc) is 2.58. The third-order valence-corrected chi connectivity index (χ3v) is 3.92. The molecule has 128 valence electrons. The summed E-state index contributed by atoms with van der Waals surface area (Å²) in [5.41, 5.74) is 2.94. The second kappa shape index (κ2) is 8.39. The van der Waals surface area contributed by atoms with Crippen molar-refractivity contribution in [2.75, 3.05) is 11.9 Å². The summed E-state index contributed by atoms with van der Waals surface area (Å²) in [7, 11) is 0. The van der Waals surface area contributed by atoms with Gasteiger partial charge in [0.25, 0.3) is 5.91 Å². The fraction of sp³-hybridized carbons (Fsp3) is 0.350. The van der Waals surface area contributed by atoms with Crippen molar-refractivity contribution in [1.82, 2.24) is 0 Å². The quantitative estimate of drug-likeness (QED) is 0.814. The van der Waals surface area contributed by atoms with Crippen LogP contribution in [-0.4, -0.2) is 18.6 Å². The summed E-state index contributed by atoms with van der Waals surface area (Å²) >= 11 is 0. The van der Waals surface area contributed by atoms with Gasteiger partial charge in [0.2, 0.25) is 0 Å². The van der Waals surface area contributed by atoms with Crippen molar-refractivity contribution in [3.05, 3.63) is 53.6 Å². The molecule has 0 aliphatic heterocycles. The van der Waals surface area contributed by atoms with Gasteiger partial charge in [-0.15, -0.1) is 0 Å². The lowest BCUT2D eigenvalue weighted by Gasteiger charge is -2.19. The minimum absolute atomic E-state index is 0.150. The molecule has 0 fully saturated rings. The number of anilines is 1. The molecule has 2 aromatic carbocycles. The smallest absolute Gasteiger partial charge is 0.265 e. The normalized spacial score (nSPS) is 11.7. The van der Waals surface area contributed by atoms with Crippen molar-refractivity contribution in [1.29, 1.82) is 0 Å². The van der Waals surface area contributed by atoms with Crippen LogP contribution in [0.1, 0.15) is 31.4 Å². The van der Waals surface area contributed by atoms with E-state index in [4.69, 9.17) is 9.47 Å². The average molecular weight is 327 g/mol. The highest BCUT2D eigenvalue weighted by Gasteiger charge is 2.19. The lowest BCUT2D eigenvalue weighted by atomic mass is 10.1. The van der Waals surface area contributed by atoms with E-state index in [2.05, 4.69) is 5.32 Å². The molecule has 0 bridgehead atoms. The van der Waals surface area contributed by atoms with E-state index in [0.29, 0.717) is 13.0 Å². The second-order valence-corrected chi connectivity index (χ2v) is 5.66. The molecular formula is C20H25NO3. The molecule has 0 aliphatic rings. The van der Waals surface area contributed by atoms with Gasteiger partial charge in [-0.25, -0.2) is 0 Å². The van der Waals surface area contributed by atoms with E-state index >= 15 is 0 Å². The molecule has 1 amide bonds. The number of hydrogen-bond donors (Lipinski definition) is 1. The number of rotatable bonds is 7. The summed E-state index contributed by atoms with van der Waals surface area (Å²) in [4.78, 5) is 12.5. The Morgan fingerprint density at radius 1 is 1.08 bits per heavy atom. The topological polar surface area (TPSA) is 47.6 Å². The lowest BCUT2D eigenvalue weighted by Crippen LogP contribution is -2.32. The molecule has 0 radical (unpaired) electrons. The molecule has 0 saturated carbocycles. The maximum Gasteiger partial charge on any atom is 0.265 e. The summed E-state index contributed by atoms with van der Waals surface area (Å²) in [6, 6.07) is 13.2. The van der Waals surface area contributed by atoms with Crippen LogP contribution in [0.25, 0.3) is 0 Å². The number of ether oxygens (including phenoxy) is 2. The Morgan fingerprint density at radius 3 is 2.42 bits per heavy atom. The van der Waals surface area contributed by atoms with Crippen LogP contribution in [0.4, 0.5) is 5.69 Å². The third kappa shape index (κ3) is 4.51. The van der Waals surface area contributed by atoms with Crippen LogP contribution in [-0.2, 0) is 4.79 Å². The van der Waals surface area contributed by atoms with Gasteiger partial charge < -0.3 is 14.8 Å². The number of amides is 1. The van der Waals surface area contributed by atoms with Gasteiger partial charge in [-0.05, 0) is 68.7 Å². The van der Waals surface area contributed by atoms with Crippen LogP contribution < -0.4 is 14.8 Å². The van der Waals surface area contributed by atoms with Crippen LogP contribution in [0.3, 0.4) is 0 Å². The third-order valence-electron chi connectivity index (χ3n) is 3.92. The summed E-state index contributed by atoms with van der Waals surface area (Å²) in [5, 5.41) is 2.90. The van der Waals surface area contributed by atoms with Crippen LogP contribution in [0.5, 0.6) is 11.5 Å². The SMILES string of the molecule is CCOc1ccc(NC(=O)C(CC)Oc2cccc(C)c2C)cc1. The Labute approximate surface area is 143 Å². The second-order valence-electron chi connectivity index (χ2n) is 5.66. The van der Waals surface area contributed by atoms with Crippen LogP contribution in [0, 0.1) is 13.8 Å². The molecule has 2 rings (SSSR count). The van der Waals surface area contributed by atoms with Gasteiger partial charge in [0.15, 0.2) is 6.10 Å². The molecule has 0 aromatic heterocycles. The van der Waals surface area contributed by atoms with Crippen molar-refractivity contribution >= 4 is 11.6 Å². The van der Waals surface area contributed by atoms with E-state index in [1.54, 1.807) is 0 Å². The molecule has 4 heteroatoms. The van der Waals surface area contributed by atoms with Crippen LogP contribution in [0.15, 0.2) is 42.5 Å². The van der Waals surface area contributed by atoms with Gasteiger partial charge in [0, 0.05) is 5.69 Å². The van der Waals surface area contributed by atoms with E-state index in [0.717, 1.165) is 28.3 Å². The molecule has 1 N–H and O–H groups in total. The minimum atomic E-state index is -0.530. The van der Waals surface area contributed by atoms with Crippen molar-refractivity contribution < 1.29 is 14.3 Å². The molecule has 1 unspecified atom stereocenters. The molecule has 24 heavy (non-hydrogen) atoms. The molecular weight excluding hydrogens is 302 g/mol. The summed E-state index contributed by atoms with van der Waals surface area (Å²) < 4.78 is 11.3. The van der Waals surface area contributed by atoms with E-state index in [-0.39, 0.29) is 5.91 Å². The van der Waals surface area contributed by atoms with E-state index in [9.17, 15) is 4.79 Å². The van der Waals surface area contributed by atoms with Crippen molar-refractivity contribution in [2.24, 2.45) is 0 Å². The Hall–Kier alpha value is -2.49. The number of carbonyl (C=O) groups is 1. The fourth-order valence-electron chi connectivity index (χ4n) is 2.35. The van der Waals surface area contributed by atoms with Crippen LogP contribution >= 0.6 is 0 Å². The van der Waals surface area contributed by atoms with Crippen molar-refractivity contribution in [2.45, 2.75) is 40.2 Å². The minimum Gasteiger partial charge on any atom is -0.494 e. The number of carbonyl (C=O) groups excluding carboxylic acids is 1. The highest BCUT2D eigenvalue weighted by atomic mass is 16.5. The predicted molar refractivity (Wildman–Crippen MR) is 96.9 cm³/mol. The van der Waals surface area contributed by atoms with E-state index in [1.165, 1.54) is 0 Å². The Morgan fingerprint density at radius 2 is 1.79 bits per heavy atom. The first kappa shape index (κ1) is 17.9. The molecule has 0 saturated heterocycles. The van der Waals surface area contributed by atoms with Gasteiger partial charge >= 0.3 is 0 Å². The first-order valence-electron chi connectivity index (χ1n) is 8.31. The fourth-order valence-corrected chi connectivity index (χ4v) is 2.35. The maximum atomic E-state index is 12.5. The van der Waals surface area contributed by atoms with E-state index < -0.39 is 6.10 Å². The maximum absolute atomic E-state index is 12.5. The molecule has 0 aliphatic carbocycles. The van der Waals surface area contributed by atoms with Crippen molar-refractivity contribution in [3.8, 4) is 11.5 Å². The van der Waals surface area contributed by atoms with Gasteiger partial charge in [0.05, 0.1) is 6.61 Å². The van der Waals surface area contributed by atoms with E-state index in [1.807, 2.05) is 70.2 Å². The Kier molecular flexibility index (Phi) is 6.24. The summed E-state index contributed by atoms with van der Waals surface area (Å²) in [5.74, 6) is 1.39. The first-order valence-corrected chi connectivity index (χ1v) is 8.31. The lowest BCUT2D eigenvalue weighted by molar-refractivity contribution is -0.122. The number of hydrogen-bond acceptors (Lipinski definition) is 3. The molecule has 4 nitrogen and oxygen atoms in total. The van der Waals surface area contributed by atoms with Gasteiger partial charge in [-0.1, -0.05) is 19.1 Å². The molecule has 2 aromatic rings. The van der Waals surface area contributed by atoms with Crippen LogP contribution in [0.2, 0.25) is 0 Å². The van der Waals surface area contributed by atoms with Gasteiger partial charge in [-0.2, -0.15) is 0 Å². The highest BCUT2D eigenvalue weighted by molar-refractivity contribution is 5.94. The number of benzene rings is 2. The first-order chi connectivity index (χ1) is 11.5. The Balaban J connectivity index is 2.04. The Bertz CT molecular complexity index is 680. The largest absolute Gasteiger partial charge is 0.494 e. The highest BCUT2D eigenvalue weighted by Crippen LogP contribution is 2.23. The molecule has 0 spiro atoms. The zero-order valence-corrected chi connectivity index (χ0v) is 14.8. The number of aryl methyl sites for hydroxylation is 1. The monoisotopic (exact) mass is 327 g/mol. The molecule has 0 heterocycles. The summed E-state index contributed by atoms with van der Waals surface area (Å²) in [6.45, 7) is 8.53. The summed E-state index contributed by atoms with van der Waals surface area (Å²) in [6.07, 6.45) is 0.0630. The molecule has 1 atom stereocenters. The number of nitrogens with one attached hydrogen (secondary N) is 1. The standard InChI is InChI=1S/C20H25NO3/c1-5-18(24-19-9-7-8-14(3)15(19)4)20(22)21-16-10-12-17(13-11-16)23-6-2/h7-13,18H,5-6H2,1-4H3,(H,21,22). The zero-order valence-electron chi connectivity index (χ0n) is 14.8. The van der Waals surface area contributed by atoms with Gasteiger partial charge in [-0.3, -0.25) is 4.79 Å².